The molecule has 0 fully saturated rings. The van der Waals surface area contributed by atoms with Crippen molar-refractivity contribution in [2.75, 3.05) is 7.11 Å². The van der Waals surface area contributed by atoms with Crippen molar-refractivity contribution in [1.29, 1.82) is 0 Å². The summed E-state index contributed by atoms with van der Waals surface area (Å²) in [6, 6.07) is 10.6. The smallest absolute Gasteiger partial charge is 0.416 e. The maximum Gasteiger partial charge on any atom is 0.416 e. The van der Waals surface area contributed by atoms with Gasteiger partial charge in [-0.05, 0) is 55.5 Å². The van der Waals surface area contributed by atoms with Crippen molar-refractivity contribution >= 4 is 11.7 Å². The fourth-order valence-electron chi connectivity index (χ4n) is 4.81. The lowest BCUT2D eigenvalue weighted by atomic mass is 9.72. The van der Waals surface area contributed by atoms with Crippen LogP contribution in [0, 0.1) is 0 Å². The SMILES string of the molecule is COc1cc(C2CC(=O)C3=C(C2)NC(=O)CC3c2ccccc2C(F)(F)F)ccc1OC(C)C. The summed E-state index contributed by atoms with van der Waals surface area (Å²) in [5, 5.41) is 2.76. The molecule has 2 aromatic rings. The lowest BCUT2D eigenvalue weighted by Crippen LogP contribution is -2.38. The Morgan fingerprint density at radius 1 is 1.00 bits per heavy atom. The van der Waals surface area contributed by atoms with Crippen molar-refractivity contribution in [1.82, 2.24) is 5.32 Å². The van der Waals surface area contributed by atoms with E-state index in [1.54, 1.807) is 6.07 Å². The number of Topliss-reactive ketones (excluding diaryl/α,β-unsaturated/α-hetero) is 1. The number of rotatable bonds is 5. The maximum absolute atomic E-state index is 13.7. The normalized spacial score (nSPS) is 20.8. The van der Waals surface area contributed by atoms with Gasteiger partial charge in [-0.2, -0.15) is 13.2 Å². The Morgan fingerprint density at radius 3 is 2.41 bits per heavy atom. The van der Waals surface area contributed by atoms with E-state index < -0.39 is 23.6 Å². The molecule has 2 aromatic carbocycles. The Labute approximate surface area is 195 Å². The second-order valence-corrected chi connectivity index (χ2v) is 8.89. The molecule has 4 rings (SSSR count). The molecule has 2 aliphatic rings. The first-order chi connectivity index (χ1) is 16.1. The summed E-state index contributed by atoms with van der Waals surface area (Å²) in [5.41, 5.74) is 0.656. The first-order valence-electron chi connectivity index (χ1n) is 11.1. The van der Waals surface area contributed by atoms with Crippen LogP contribution < -0.4 is 14.8 Å². The average Bonchev–Trinajstić information content (AvgIpc) is 2.77. The van der Waals surface area contributed by atoms with Crippen molar-refractivity contribution in [2.45, 2.75) is 57.2 Å². The number of carbonyl (C=O) groups excluding carboxylic acids is 2. The zero-order valence-corrected chi connectivity index (χ0v) is 19.2. The van der Waals surface area contributed by atoms with E-state index in [4.69, 9.17) is 9.47 Å². The van der Waals surface area contributed by atoms with Gasteiger partial charge < -0.3 is 14.8 Å². The van der Waals surface area contributed by atoms with Gasteiger partial charge in [-0.15, -0.1) is 0 Å². The fourth-order valence-corrected chi connectivity index (χ4v) is 4.81. The predicted octanol–water partition coefficient (Wildman–Crippen LogP) is 5.51. The van der Waals surface area contributed by atoms with E-state index in [9.17, 15) is 22.8 Å². The molecular weight excluding hydrogens is 447 g/mol. The Kier molecular flexibility index (Phi) is 6.43. The third-order valence-electron chi connectivity index (χ3n) is 6.20. The van der Waals surface area contributed by atoms with Crippen LogP contribution in [0.2, 0.25) is 0 Å². The van der Waals surface area contributed by atoms with E-state index in [-0.39, 0.29) is 41.8 Å². The van der Waals surface area contributed by atoms with Gasteiger partial charge in [0.25, 0.3) is 0 Å². The van der Waals surface area contributed by atoms with E-state index in [1.165, 1.54) is 25.3 Å². The highest BCUT2D eigenvalue weighted by molar-refractivity contribution is 6.02. The molecule has 0 radical (unpaired) electrons. The highest BCUT2D eigenvalue weighted by Gasteiger charge is 2.42. The quantitative estimate of drug-likeness (QED) is 0.622. The topological polar surface area (TPSA) is 64.6 Å². The Balaban J connectivity index is 1.70. The number of alkyl halides is 3. The number of amides is 1. The number of ketones is 1. The molecule has 2 unspecified atom stereocenters. The minimum atomic E-state index is -4.58. The van der Waals surface area contributed by atoms with E-state index in [0.717, 1.165) is 11.6 Å². The third-order valence-corrected chi connectivity index (χ3v) is 6.20. The molecule has 1 amide bonds. The van der Waals surface area contributed by atoms with Crippen LogP contribution in [0.15, 0.2) is 53.7 Å². The van der Waals surface area contributed by atoms with Crippen LogP contribution in [-0.2, 0) is 15.8 Å². The second kappa shape index (κ2) is 9.16. The van der Waals surface area contributed by atoms with Gasteiger partial charge >= 0.3 is 6.18 Å². The van der Waals surface area contributed by atoms with Gasteiger partial charge in [0.1, 0.15) is 0 Å². The Bertz CT molecular complexity index is 1150. The molecule has 5 nitrogen and oxygen atoms in total. The lowest BCUT2D eigenvalue weighted by Gasteiger charge is -2.35. The summed E-state index contributed by atoms with van der Waals surface area (Å²) in [6.45, 7) is 3.81. The first-order valence-corrected chi connectivity index (χ1v) is 11.1. The number of benzene rings is 2. The number of halogens is 3. The molecule has 1 N–H and O–H groups in total. The monoisotopic (exact) mass is 473 g/mol. The molecule has 0 saturated carbocycles. The van der Waals surface area contributed by atoms with Crippen molar-refractivity contribution < 1.29 is 32.2 Å². The number of allylic oxidation sites excluding steroid dienone is 2. The molecule has 1 heterocycles. The molecule has 0 spiro atoms. The van der Waals surface area contributed by atoms with Crippen molar-refractivity contribution in [3.8, 4) is 11.5 Å². The van der Waals surface area contributed by atoms with Gasteiger partial charge in [-0.3, -0.25) is 9.59 Å². The Hall–Kier alpha value is -3.29. The second-order valence-electron chi connectivity index (χ2n) is 8.89. The zero-order chi connectivity index (χ0) is 24.6. The van der Waals surface area contributed by atoms with Crippen LogP contribution in [0.5, 0.6) is 11.5 Å². The summed E-state index contributed by atoms with van der Waals surface area (Å²) in [6.07, 6.45) is -4.35. The minimum Gasteiger partial charge on any atom is -0.493 e. The largest absolute Gasteiger partial charge is 0.493 e. The summed E-state index contributed by atoms with van der Waals surface area (Å²) < 4.78 is 52.2. The van der Waals surface area contributed by atoms with Crippen LogP contribution in [0.25, 0.3) is 0 Å². The number of ether oxygens (including phenoxy) is 2. The molecule has 1 aliphatic carbocycles. The third kappa shape index (κ3) is 4.67. The molecule has 0 saturated heterocycles. The zero-order valence-electron chi connectivity index (χ0n) is 19.2. The van der Waals surface area contributed by atoms with Gasteiger partial charge in [0.15, 0.2) is 17.3 Å². The standard InChI is InChI=1S/C26H26F3NO4/c1-14(2)34-22-9-8-15(12-23(22)33-3)16-10-20-25(21(31)11-16)18(13-24(32)30-20)17-6-4-5-7-19(17)26(27,28)29/h4-9,12,14,16,18H,10-11,13H2,1-3H3,(H,30,32). The fraction of sp³-hybridized carbons (Fsp3) is 0.385. The molecule has 0 bridgehead atoms. The van der Waals surface area contributed by atoms with Crippen LogP contribution in [-0.4, -0.2) is 24.9 Å². The number of methoxy groups -OCH3 is 1. The average molecular weight is 473 g/mol. The van der Waals surface area contributed by atoms with Crippen molar-refractivity contribution in [3.63, 3.8) is 0 Å². The van der Waals surface area contributed by atoms with E-state index in [2.05, 4.69) is 5.32 Å². The van der Waals surface area contributed by atoms with Crippen LogP contribution >= 0.6 is 0 Å². The lowest BCUT2D eigenvalue weighted by molar-refractivity contribution is -0.138. The Morgan fingerprint density at radius 2 is 1.74 bits per heavy atom. The van der Waals surface area contributed by atoms with Crippen LogP contribution in [0.4, 0.5) is 13.2 Å². The van der Waals surface area contributed by atoms with Gasteiger partial charge in [0.2, 0.25) is 5.91 Å². The molecule has 8 heteroatoms. The summed E-state index contributed by atoms with van der Waals surface area (Å²) >= 11 is 0. The van der Waals surface area contributed by atoms with Crippen LogP contribution in [0.3, 0.4) is 0 Å². The molecule has 0 aromatic heterocycles. The summed E-state index contributed by atoms with van der Waals surface area (Å²) in [7, 11) is 1.53. The van der Waals surface area contributed by atoms with Crippen molar-refractivity contribution in [3.05, 3.63) is 70.4 Å². The van der Waals surface area contributed by atoms with Crippen molar-refractivity contribution in [2.24, 2.45) is 0 Å². The number of nitrogens with one attached hydrogen (secondary N) is 1. The van der Waals surface area contributed by atoms with Gasteiger partial charge in [0, 0.05) is 30.0 Å². The van der Waals surface area contributed by atoms with E-state index in [0.29, 0.717) is 23.6 Å². The highest BCUT2D eigenvalue weighted by Crippen LogP contribution is 2.46. The van der Waals surface area contributed by atoms with Gasteiger partial charge in [-0.1, -0.05) is 24.3 Å². The van der Waals surface area contributed by atoms with Gasteiger partial charge in [-0.25, -0.2) is 0 Å². The highest BCUT2D eigenvalue weighted by atomic mass is 19.4. The molecule has 1 aliphatic heterocycles. The predicted molar refractivity (Wildman–Crippen MR) is 120 cm³/mol. The molecular formula is C26H26F3NO4. The van der Waals surface area contributed by atoms with E-state index >= 15 is 0 Å². The van der Waals surface area contributed by atoms with Gasteiger partial charge in [0.05, 0.1) is 18.8 Å². The first kappa shape index (κ1) is 23.9. The number of hydrogen-bond donors (Lipinski definition) is 1. The minimum absolute atomic E-state index is 0.0407. The molecule has 2 atom stereocenters. The number of hydrogen-bond acceptors (Lipinski definition) is 4. The molecule has 34 heavy (non-hydrogen) atoms. The van der Waals surface area contributed by atoms with E-state index in [1.807, 2.05) is 26.0 Å². The maximum atomic E-state index is 13.7. The summed E-state index contributed by atoms with van der Waals surface area (Å²) in [5.74, 6) is -0.708. The summed E-state index contributed by atoms with van der Waals surface area (Å²) in [4.78, 5) is 25.8. The number of carbonyl (C=O) groups is 2. The van der Waals surface area contributed by atoms with Crippen LogP contribution in [0.1, 0.15) is 61.6 Å². The molecule has 180 valence electrons.